The summed E-state index contributed by atoms with van der Waals surface area (Å²) >= 11 is 0. The van der Waals surface area contributed by atoms with Gasteiger partial charge >= 0.3 is 5.97 Å². The molecule has 138 valence electrons. The number of hydrogen-bond acceptors (Lipinski definition) is 3. The lowest BCUT2D eigenvalue weighted by atomic mass is 10.1. The Morgan fingerprint density at radius 3 is 2.36 bits per heavy atom. The van der Waals surface area contributed by atoms with Gasteiger partial charge in [0, 0.05) is 11.6 Å². The number of nitrogens with one attached hydrogen (secondary N) is 1. The summed E-state index contributed by atoms with van der Waals surface area (Å²) in [7, 11) is 0. The Labute approximate surface area is 162 Å². The lowest BCUT2D eigenvalue weighted by molar-refractivity contribution is 0.0698. The number of para-hydroxylation sites is 2. The van der Waals surface area contributed by atoms with E-state index in [4.69, 9.17) is 5.10 Å². The molecule has 1 heterocycles. The SMILES string of the molecule is Cc1ccccc1-n1nc(-c2ccccc2)cc1Nc1ccccc1C(=O)O. The molecule has 0 atom stereocenters. The van der Waals surface area contributed by atoms with E-state index < -0.39 is 5.97 Å². The van der Waals surface area contributed by atoms with Gasteiger partial charge in [-0.2, -0.15) is 5.10 Å². The van der Waals surface area contributed by atoms with Gasteiger partial charge in [-0.25, -0.2) is 9.48 Å². The fourth-order valence-corrected chi connectivity index (χ4v) is 3.12. The predicted molar refractivity (Wildman–Crippen MR) is 110 cm³/mol. The van der Waals surface area contributed by atoms with Crippen molar-refractivity contribution in [2.75, 3.05) is 5.32 Å². The van der Waals surface area contributed by atoms with Crippen molar-refractivity contribution in [3.63, 3.8) is 0 Å². The van der Waals surface area contributed by atoms with Crippen molar-refractivity contribution in [2.24, 2.45) is 0 Å². The molecule has 2 N–H and O–H groups in total. The molecule has 1 aromatic heterocycles. The number of aromatic carboxylic acids is 1. The Balaban J connectivity index is 1.85. The fraction of sp³-hybridized carbons (Fsp3) is 0.0435. The molecule has 0 aliphatic heterocycles. The Kier molecular flexibility index (Phi) is 4.64. The molecule has 4 rings (SSSR count). The smallest absolute Gasteiger partial charge is 0.337 e. The highest BCUT2D eigenvalue weighted by Gasteiger charge is 2.15. The van der Waals surface area contributed by atoms with Gasteiger partial charge in [0.2, 0.25) is 0 Å². The molecule has 0 aliphatic carbocycles. The summed E-state index contributed by atoms with van der Waals surface area (Å²) in [6.45, 7) is 2.02. The van der Waals surface area contributed by atoms with Gasteiger partial charge in [0.15, 0.2) is 0 Å². The van der Waals surface area contributed by atoms with Gasteiger partial charge in [-0.1, -0.05) is 60.7 Å². The summed E-state index contributed by atoms with van der Waals surface area (Å²) < 4.78 is 1.82. The molecule has 3 aromatic carbocycles. The predicted octanol–water partition coefficient (Wildman–Crippen LogP) is 5.29. The zero-order chi connectivity index (χ0) is 19.5. The summed E-state index contributed by atoms with van der Waals surface area (Å²) in [6.07, 6.45) is 0. The Morgan fingerprint density at radius 1 is 0.929 bits per heavy atom. The molecule has 0 radical (unpaired) electrons. The third-order valence-electron chi connectivity index (χ3n) is 4.54. The first-order valence-electron chi connectivity index (χ1n) is 8.94. The number of carbonyl (C=O) groups is 1. The molecule has 0 amide bonds. The second-order valence-corrected chi connectivity index (χ2v) is 6.45. The Hall–Kier alpha value is -3.86. The second kappa shape index (κ2) is 7.40. The van der Waals surface area contributed by atoms with Crippen molar-refractivity contribution in [1.82, 2.24) is 9.78 Å². The summed E-state index contributed by atoms with van der Waals surface area (Å²) in [5, 5.41) is 17.5. The number of aromatic nitrogens is 2. The molecule has 28 heavy (non-hydrogen) atoms. The van der Waals surface area contributed by atoms with E-state index in [0.29, 0.717) is 11.5 Å². The minimum absolute atomic E-state index is 0.210. The topological polar surface area (TPSA) is 67.2 Å². The third kappa shape index (κ3) is 3.38. The van der Waals surface area contributed by atoms with Crippen LogP contribution >= 0.6 is 0 Å². The van der Waals surface area contributed by atoms with E-state index in [2.05, 4.69) is 5.32 Å². The molecule has 0 saturated heterocycles. The van der Waals surface area contributed by atoms with Crippen molar-refractivity contribution in [1.29, 1.82) is 0 Å². The standard InChI is InChI=1S/C23H19N3O2/c1-16-9-5-8-14-21(16)26-22(15-20(25-26)17-10-3-2-4-11-17)24-19-13-7-6-12-18(19)23(27)28/h2-15,24H,1H3,(H,27,28). The number of carboxylic acids is 1. The van der Waals surface area contributed by atoms with Crippen LogP contribution in [0.2, 0.25) is 0 Å². The largest absolute Gasteiger partial charge is 0.478 e. The van der Waals surface area contributed by atoms with Gasteiger partial charge in [0.1, 0.15) is 5.82 Å². The van der Waals surface area contributed by atoms with Crippen molar-refractivity contribution >= 4 is 17.5 Å². The van der Waals surface area contributed by atoms with E-state index in [1.807, 2.05) is 72.3 Å². The fourth-order valence-electron chi connectivity index (χ4n) is 3.12. The zero-order valence-corrected chi connectivity index (χ0v) is 15.3. The van der Waals surface area contributed by atoms with Crippen LogP contribution in [0.5, 0.6) is 0 Å². The number of hydrogen-bond donors (Lipinski definition) is 2. The lowest BCUT2D eigenvalue weighted by Crippen LogP contribution is -2.07. The van der Waals surface area contributed by atoms with Crippen LogP contribution in [-0.2, 0) is 0 Å². The second-order valence-electron chi connectivity index (χ2n) is 6.45. The van der Waals surface area contributed by atoms with Gasteiger partial charge in [-0.15, -0.1) is 0 Å². The van der Waals surface area contributed by atoms with Gasteiger partial charge in [-0.3, -0.25) is 0 Å². The number of aryl methyl sites for hydroxylation is 1. The summed E-state index contributed by atoms with van der Waals surface area (Å²) in [6, 6.07) is 26.6. The van der Waals surface area contributed by atoms with Crippen molar-refractivity contribution in [3.05, 3.63) is 96.1 Å². The maximum absolute atomic E-state index is 11.6. The molecule has 5 heteroatoms. The van der Waals surface area contributed by atoms with Crippen LogP contribution in [-0.4, -0.2) is 20.9 Å². The van der Waals surface area contributed by atoms with E-state index in [1.165, 1.54) is 0 Å². The maximum Gasteiger partial charge on any atom is 0.337 e. The van der Waals surface area contributed by atoms with Crippen LogP contribution in [0, 0.1) is 6.92 Å². The van der Waals surface area contributed by atoms with Crippen LogP contribution in [0.4, 0.5) is 11.5 Å². The van der Waals surface area contributed by atoms with E-state index in [0.717, 1.165) is 22.5 Å². The molecule has 0 unspecified atom stereocenters. The molecular formula is C23H19N3O2. The number of rotatable bonds is 5. The summed E-state index contributed by atoms with van der Waals surface area (Å²) in [4.78, 5) is 11.6. The van der Waals surface area contributed by atoms with E-state index in [9.17, 15) is 9.90 Å². The van der Waals surface area contributed by atoms with Crippen LogP contribution < -0.4 is 5.32 Å². The number of anilines is 2. The molecule has 0 spiro atoms. The number of carboxylic acid groups (broad SMARTS) is 1. The average molecular weight is 369 g/mol. The lowest BCUT2D eigenvalue weighted by Gasteiger charge is -2.13. The van der Waals surface area contributed by atoms with Gasteiger partial charge in [0.25, 0.3) is 0 Å². The third-order valence-corrected chi connectivity index (χ3v) is 4.54. The van der Waals surface area contributed by atoms with Crippen molar-refractivity contribution < 1.29 is 9.90 Å². The average Bonchev–Trinajstić information content (AvgIpc) is 3.13. The molecule has 0 fully saturated rings. The zero-order valence-electron chi connectivity index (χ0n) is 15.3. The molecule has 0 saturated carbocycles. The Bertz CT molecular complexity index is 1130. The van der Waals surface area contributed by atoms with Gasteiger partial charge in [0.05, 0.1) is 22.6 Å². The number of nitrogens with zero attached hydrogens (tertiary/aromatic N) is 2. The maximum atomic E-state index is 11.6. The first kappa shape index (κ1) is 17.5. The minimum Gasteiger partial charge on any atom is -0.478 e. The van der Waals surface area contributed by atoms with E-state index in [-0.39, 0.29) is 5.56 Å². The monoisotopic (exact) mass is 369 g/mol. The molecule has 0 aliphatic rings. The van der Waals surface area contributed by atoms with Crippen LogP contribution in [0.25, 0.3) is 16.9 Å². The molecule has 0 bridgehead atoms. The first-order chi connectivity index (χ1) is 13.6. The van der Waals surface area contributed by atoms with Crippen LogP contribution in [0.15, 0.2) is 84.9 Å². The Morgan fingerprint density at radius 2 is 1.61 bits per heavy atom. The highest BCUT2D eigenvalue weighted by atomic mass is 16.4. The van der Waals surface area contributed by atoms with E-state index in [1.54, 1.807) is 24.3 Å². The van der Waals surface area contributed by atoms with Gasteiger partial charge in [-0.05, 0) is 30.7 Å². The highest BCUT2D eigenvalue weighted by molar-refractivity contribution is 5.95. The van der Waals surface area contributed by atoms with Crippen LogP contribution in [0.1, 0.15) is 15.9 Å². The highest BCUT2D eigenvalue weighted by Crippen LogP contribution is 2.29. The quantitative estimate of drug-likeness (QED) is 0.502. The van der Waals surface area contributed by atoms with Crippen molar-refractivity contribution in [2.45, 2.75) is 6.92 Å². The van der Waals surface area contributed by atoms with Crippen LogP contribution in [0.3, 0.4) is 0 Å². The summed E-state index contributed by atoms with van der Waals surface area (Å²) in [5.74, 6) is -0.282. The summed E-state index contributed by atoms with van der Waals surface area (Å²) in [5.41, 5.74) is 4.52. The number of benzene rings is 3. The van der Waals surface area contributed by atoms with Crippen molar-refractivity contribution in [3.8, 4) is 16.9 Å². The normalized spacial score (nSPS) is 10.6. The first-order valence-corrected chi connectivity index (χ1v) is 8.94. The molecule has 5 nitrogen and oxygen atoms in total. The minimum atomic E-state index is -0.978. The molecular weight excluding hydrogens is 350 g/mol. The van der Waals surface area contributed by atoms with E-state index >= 15 is 0 Å². The molecule has 4 aromatic rings. The van der Waals surface area contributed by atoms with Gasteiger partial charge < -0.3 is 10.4 Å².